The molecule has 0 aliphatic carbocycles. The Morgan fingerprint density at radius 3 is 2.62 bits per heavy atom. The zero-order chi connectivity index (χ0) is 15.2. The molecule has 2 rings (SSSR count). The molecule has 0 saturated carbocycles. The van der Waals surface area contributed by atoms with Crippen molar-refractivity contribution in [3.63, 3.8) is 0 Å². The third-order valence-electron chi connectivity index (χ3n) is 3.37. The van der Waals surface area contributed by atoms with Crippen molar-refractivity contribution >= 4 is 34.1 Å². The van der Waals surface area contributed by atoms with Gasteiger partial charge in [-0.15, -0.1) is 11.8 Å². The highest BCUT2D eigenvalue weighted by Gasteiger charge is 2.11. The van der Waals surface area contributed by atoms with Gasteiger partial charge < -0.3 is 4.74 Å². The molecule has 3 heteroatoms. The van der Waals surface area contributed by atoms with Crippen LogP contribution in [0.1, 0.15) is 25.3 Å². The maximum absolute atomic E-state index is 11.9. The Balaban J connectivity index is 2.18. The lowest BCUT2D eigenvalue weighted by Crippen LogP contribution is -2.07. The van der Waals surface area contributed by atoms with E-state index in [1.807, 2.05) is 18.2 Å². The minimum Gasteiger partial charge on any atom is -0.462 e. The van der Waals surface area contributed by atoms with Crippen molar-refractivity contribution in [3.8, 4) is 0 Å². The average Bonchev–Trinajstić information content (AvgIpc) is 2.53. The van der Waals surface area contributed by atoms with Gasteiger partial charge in [-0.3, -0.25) is 0 Å². The molecular formula is C18H20O2S. The molecule has 0 heterocycles. The van der Waals surface area contributed by atoms with Gasteiger partial charge >= 0.3 is 5.97 Å². The molecule has 0 amide bonds. The number of hydrogen-bond donors (Lipinski definition) is 0. The minimum atomic E-state index is -0.330. The molecule has 21 heavy (non-hydrogen) atoms. The van der Waals surface area contributed by atoms with Gasteiger partial charge in [-0.1, -0.05) is 38.1 Å². The second-order valence-electron chi connectivity index (χ2n) is 4.90. The van der Waals surface area contributed by atoms with E-state index in [4.69, 9.17) is 4.74 Å². The number of benzene rings is 2. The first-order valence-corrected chi connectivity index (χ1v) is 8.32. The molecule has 0 unspecified atom stereocenters. The van der Waals surface area contributed by atoms with E-state index in [-0.39, 0.29) is 5.97 Å². The van der Waals surface area contributed by atoms with E-state index < -0.39 is 0 Å². The summed E-state index contributed by atoms with van der Waals surface area (Å²) in [7, 11) is 0. The number of rotatable bonds is 6. The molecule has 0 aromatic heterocycles. The van der Waals surface area contributed by atoms with Gasteiger partial charge in [0.2, 0.25) is 0 Å². The first kappa shape index (κ1) is 15.6. The van der Waals surface area contributed by atoms with Crippen molar-refractivity contribution in [2.75, 3.05) is 12.9 Å². The van der Waals surface area contributed by atoms with Crippen LogP contribution >= 0.6 is 11.8 Å². The molecule has 0 bridgehead atoms. The van der Waals surface area contributed by atoms with Crippen LogP contribution in [0, 0.1) is 0 Å². The fourth-order valence-corrected chi connectivity index (χ4v) is 2.50. The van der Waals surface area contributed by atoms with Crippen molar-refractivity contribution in [2.24, 2.45) is 0 Å². The molecule has 2 aromatic rings. The number of fused-ring (bicyclic) bond motifs is 1. The Labute approximate surface area is 130 Å². The largest absolute Gasteiger partial charge is 0.462 e. The summed E-state index contributed by atoms with van der Waals surface area (Å²) in [6.07, 6.45) is 3.95. The minimum absolute atomic E-state index is 0.330. The highest BCUT2D eigenvalue weighted by atomic mass is 32.2. The van der Waals surface area contributed by atoms with Crippen molar-refractivity contribution in [2.45, 2.75) is 24.7 Å². The normalized spacial score (nSPS) is 10.6. The van der Waals surface area contributed by atoms with E-state index >= 15 is 0 Å². The Hall–Kier alpha value is -1.74. The van der Waals surface area contributed by atoms with Crippen LogP contribution in [0.25, 0.3) is 16.3 Å². The summed E-state index contributed by atoms with van der Waals surface area (Å²) in [4.78, 5) is 13.2. The maximum atomic E-state index is 11.9. The van der Waals surface area contributed by atoms with Gasteiger partial charge in [-0.2, -0.15) is 0 Å². The fraction of sp³-hybridized carbons (Fsp3) is 0.278. The zero-order valence-electron chi connectivity index (χ0n) is 12.5. The zero-order valence-corrected chi connectivity index (χ0v) is 13.3. The highest BCUT2D eigenvalue weighted by molar-refractivity contribution is 7.98. The number of carbonyl (C=O) groups excluding carboxylic acids is 1. The van der Waals surface area contributed by atoms with Crippen LogP contribution < -0.4 is 0 Å². The van der Waals surface area contributed by atoms with E-state index in [0.717, 1.165) is 29.2 Å². The fourth-order valence-electron chi connectivity index (χ4n) is 2.05. The van der Waals surface area contributed by atoms with Crippen molar-refractivity contribution in [1.82, 2.24) is 0 Å². The smallest absolute Gasteiger partial charge is 0.338 e. The summed E-state index contributed by atoms with van der Waals surface area (Å²) in [5.41, 5.74) is 1.24. The van der Waals surface area contributed by atoms with E-state index in [2.05, 4.69) is 38.0 Å². The van der Waals surface area contributed by atoms with Crippen molar-refractivity contribution in [1.29, 1.82) is 0 Å². The molecule has 0 radical (unpaired) electrons. The second-order valence-corrected chi connectivity index (χ2v) is 5.78. The monoisotopic (exact) mass is 300 g/mol. The van der Waals surface area contributed by atoms with Crippen LogP contribution in [-0.2, 0) is 9.53 Å². The summed E-state index contributed by atoms with van der Waals surface area (Å²) in [6.45, 7) is 6.39. The van der Waals surface area contributed by atoms with Gasteiger partial charge in [-0.05, 0) is 47.2 Å². The standard InChI is InChI=1S/C18H20O2S/c1-4-5-10-20-18(19)13(2)14-6-7-16-12-17(21-3)9-8-15(16)11-14/h6-9,11-12H,2,4-5,10H2,1,3H3. The van der Waals surface area contributed by atoms with Crippen molar-refractivity contribution < 1.29 is 9.53 Å². The molecule has 0 fully saturated rings. The molecule has 110 valence electrons. The Morgan fingerprint density at radius 1 is 1.19 bits per heavy atom. The van der Waals surface area contributed by atoms with Crippen LogP contribution in [0.4, 0.5) is 0 Å². The number of hydrogen-bond acceptors (Lipinski definition) is 3. The van der Waals surface area contributed by atoms with Gasteiger partial charge in [0.25, 0.3) is 0 Å². The quantitative estimate of drug-likeness (QED) is 0.328. The first-order chi connectivity index (χ1) is 10.2. The predicted molar refractivity (Wildman–Crippen MR) is 90.6 cm³/mol. The molecule has 0 aliphatic heterocycles. The van der Waals surface area contributed by atoms with E-state index in [9.17, 15) is 4.79 Å². The van der Waals surface area contributed by atoms with Crippen LogP contribution in [-0.4, -0.2) is 18.8 Å². The third kappa shape index (κ3) is 3.88. The topological polar surface area (TPSA) is 26.3 Å². The number of unbranched alkanes of at least 4 members (excludes halogenated alkanes) is 1. The van der Waals surface area contributed by atoms with E-state index in [0.29, 0.717) is 12.2 Å². The predicted octanol–water partition coefficient (Wildman–Crippen LogP) is 4.92. The molecule has 0 aliphatic rings. The number of esters is 1. The lowest BCUT2D eigenvalue weighted by atomic mass is 10.0. The molecule has 0 atom stereocenters. The van der Waals surface area contributed by atoms with E-state index in [1.54, 1.807) is 11.8 Å². The maximum Gasteiger partial charge on any atom is 0.338 e. The Morgan fingerprint density at radius 2 is 1.90 bits per heavy atom. The number of ether oxygens (including phenoxy) is 1. The average molecular weight is 300 g/mol. The van der Waals surface area contributed by atoms with Crippen LogP contribution in [0.3, 0.4) is 0 Å². The van der Waals surface area contributed by atoms with Gasteiger partial charge in [0, 0.05) is 4.90 Å². The SMILES string of the molecule is C=C(C(=O)OCCCC)c1ccc2cc(SC)ccc2c1. The number of carbonyl (C=O) groups is 1. The summed E-state index contributed by atoms with van der Waals surface area (Å²) < 4.78 is 5.21. The summed E-state index contributed by atoms with van der Waals surface area (Å²) >= 11 is 1.72. The first-order valence-electron chi connectivity index (χ1n) is 7.10. The van der Waals surface area contributed by atoms with Gasteiger partial charge in [0.15, 0.2) is 0 Å². The lowest BCUT2D eigenvalue weighted by molar-refractivity contribution is -0.136. The van der Waals surface area contributed by atoms with Gasteiger partial charge in [0.05, 0.1) is 12.2 Å². The third-order valence-corrected chi connectivity index (χ3v) is 4.10. The second kappa shape index (κ2) is 7.32. The summed E-state index contributed by atoms with van der Waals surface area (Å²) in [5, 5.41) is 2.27. The number of thioether (sulfide) groups is 1. The lowest BCUT2D eigenvalue weighted by Gasteiger charge is -2.08. The molecule has 0 spiro atoms. The molecule has 0 saturated heterocycles. The van der Waals surface area contributed by atoms with Crippen LogP contribution in [0.2, 0.25) is 0 Å². The van der Waals surface area contributed by atoms with Crippen LogP contribution in [0.15, 0.2) is 47.9 Å². The van der Waals surface area contributed by atoms with E-state index in [1.165, 1.54) is 4.90 Å². The van der Waals surface area contributed by atoms with Gasteiger partial charge in [-0.25, -0.2) is 4.79 Å². The highest BCUT2D eigenvalue weighted by Crippen LogP contribution is 2.25. The molecule has 0 N–H and O–H groups in total. The summed E-state index contributed by atoms with van der Waals surface area (Å²) in [6, 6.07) is 12.2. The van der Waals surface area contributed by atoms with Crippen molar-refractivity contribution in [3.05, 3.63) is 48.5 Å². The molecule has 2 aromatic carbocycles. The summed E-state index contributed by atoms with van der Waals surface area (Å²) in [5.74, 6) is -0.330. The van der Waals surface area contributed by atoms with Gasteiger partial charge in [0.1, 0.15) is 0 Å². The molecular weight excluding hydrogens is 280 g/mol. The Bertz CT molecular complexity index is 661. The Kier molecular flexibility index (Phi) is 5.45. The van der Waals surface area contributed by atoms with Crippen LogP contribution in [0.5, 0.6) is 0 Å². The molecule has 2 nitrogen and oxygen atoms in total.